The van der Waals surface area contributed by atoms with Crippen LogP contribution in [0.1, 0.15) is 29.8 Å². The van der Waals surface area contributed by atoms with Crippen molar-refractivity contribution in [1.29, 1.82) is 0 Å². The molecule has 0 saturated heterocycles. The van der Waals surface area contributed by atoms with Crippen LogP contribution in [-0.4, -0.2) is 28.3 Å². The predicted octanol–water partition coefficient (Wildman–Crippen LogP) is 5.16. The molecule has 0 unspecified atom stereocenters. The second kappa shape index (κ2) is 9.31. The highest BCUT2D eigenvalue weighted by Gasteiger charge is 2.15. The van der Waals surface area contributed by atoms with Crippen LogP contribution in [0.3, 0.4) is 0 Å². The summed E-state index contributed by atoms with van der Waals surface area (Å²) < 4.78 is 5.63. The maximum Gasteiger partial charge on any atom is 0.272 e. The first-order valence-electron chi connectivity index (χ1n) is 10.3. The van der Waals surface area contributed by atoms with Crippen molar-refractivity contribution in [3.05, 3.63) is 90.0 Å². The van der Waals surface area contributed by atoms with E-state index in [-0.39, 0.29) is 17.8 Å². The standard InChI is InChI=1S/C26H23N3O3/c1-17(2)32-19-13-11-18(12-14-19)16-27-29-26(31)22-15-24(21-8-4-6-10-25(21)30)28-23-9-5-3-7-20(22)23/h3-17,30H,1-2H3,(H,29,31)/b27-16+. The van der Waals surface area contributed by atoms with Crippen molar-refractivity contribution < 1.29 is 14.6 Å². The number of nitrogens with one attached hydrogen (secondary N) is 1. The van der Waals surface area contributed by atoms with Crippen molar-refractivity contribution in [2.75, 3.05) is 0 Å². The summed E-state index contributed by atoms with van der Waals surface area (Å²) in [5.41, 5.74) is 5.56. The fourth-order valence-electron chi connectivity index (χ4n) is 3.32. The Morgan fingerprint density at radius 3 is 2.50 bits per heavy atom. The molecule has 0 radical (unpaired) electrons. The molecule has 1 amide bonds. The molecule has 0 aliphatic heterocycles. The number of aromatic nitrogens is 1. The number of para-hydroxylation sites is 2. The Balaban J connectivity index is 1.59. The van der Waals surface area contributed by atoms with Crippen LogP contribution in [0.25, 0.3) is 22.2 Å². The van der Waals surface area contributed by atoms with Crippen molar-refractivity contribution in [2.24, 2.45) is 5.10 Å². The Bertz CT molecular complexity index is 1280. The van der Waals surface area contributed by atoms with Gasteiger partial charge in [0.2, 0.25) is 0 Å². The van der Waals surface area contributed by atoms with Gasteiger partial charge in [-0.1, -0.05) is 30.3 Å². The van der Waals surface area contributed by atoms with Crippen LogP contribution >= 0.6 is 0 Å². The van der Waals surface area contributed by atoms with Crippen LogP contribution in [0.5, 0.6) is 11.5 Å². The lowest BCUT2D eigenvalue weighted by molar-refractivity contribution is 0.0956. The fraction of sp³-hybridized carbons (Fsp3) is 0.115. The molecule has 0 spiro atoms. The summed E-state index contributed by atoms with van der Waals surface area (Å²) in [6.07, 6.45) is 1.68. The maximum absolute atomic E-state index is 13.0. The maximum atomic E-state index is 13.0. The normalized spacial score (nSPS) is 11.2. The molecule has 0 fully saturated rings. The molecule has 0 bridgehead atoms. The van der Waals surface area contributed by atoms with Gasteiger partial charge in [-0.15, -0.1) is 0 Å². The van der Waals surface area contributed by atoms with E-state index in [0.717, 1.165) is 11.3 Å². The van der Waals surface area contributed by atoms with Gasteiger partial charge in [0.05, 0.1) is 29.1 Å². The minimum atomic E-state index is -0.365. The molecule has 4 aromatic rings. The molecular weight excluding hydrogens is 402 g/mol. The van der Waals surface area contributed by atoms with Crippen molar-refractivity contribution >= 4 is 23.0 Å². The highest BCUT2D eigenvalue weighted by molar-refractivity contribution is 6.07. The summed E-state index contributed by atoms with van der Waals surface area (Å²) in [4.78, 5) is 17.6. The number of rotatable bonds is 6. The summed E-state index contributed by atoms with van der Waals surface area (Å²) in [6, 6.07) is 23.4. The molecule has 160 valence electrons. The number of carbonyl (C=O) groups excluding carboxylic acids is 1. The van der Waals surface area contributed by atoms with Crippen LogP contribution in [-0.2, 0) is 0 Å². The van der Waals surface area contributed by atoms with E-state index in [1.807, 2.05) is 68.4 Å². The molecule has 1 aromatic heterocycles. The molecule has 6 heteroatoms. The Labute approximate surface area is 186 Å². The van der Waals surface area contributed by atoms with E-state index in [9.17, 15) is 9.90 Å². The number of nitrogens with zero attached hydrogens (tertiary/aromatic N) is 2. The number of hydrogen-bond donors (Lipinski definition) is 2. The number of hydrazone groups is 1. The third-order valence-electron chi connectivity index (χ3n) is 4.77. The van der Waals surface area contributed by atoms with Gasteiger partial charge < -0.3 is 9.84 Å². The first kappa shape index (κ1) is 21.1. The van der Waals surface area contributed by atoms with Crippen molar-refractivity contribution in [2.45, 2.75) is 20.0 Å². The molecule has 0 aliphatic carbocycles. The van der Waals surface area contributed by atoms with E-state index in [1.54, 1.807) is 30.5 Å². The van der Waals surface area contributed by atoms with E-state index in [4.69, 9.17) is 4.74 Å². The van der Waals surface area contributed by atoms with E-state index < -0.39 is 0 Å². The summed E-state index contributed by atoms with van der Waals surface area (Å²) in [7, 11) is 0. The van der Waals surface area contributed by atoms with Gasteiger partial charge >= 0.3 is 0 Å². The van der Waals surface area contributed by atoms with Gasteiger partial charge in [-0.3, -0.25) is 4.79 Å². The molecule has 4 rings (SSSR count). The third-order valence-corrected chi connectivity index (χ3v) is 4.77. The number of pyridine rings is 1. The summed E-state index contributed by atoms with van der Waals surface area (Å²) in [5, 5.41) is 15.0. The number of amides is 1. The van der Waals surface area contributed by atoms with Crippen molar-refractivity contribution in [1.82, 2.24) is 10.4 Å². The molecular formula is C26H23N3O3. The zero-order valence-corrected chi connectivity index (χ0v) is 17.8. The number of phenolic OH excluding ortho intramolecular Hbond substituents is 1. The van der Waals surface area contributed by atoms with Crippen molar-refractivity contribution in [3.63, 3.8) is 0 Å². The predicted molar refractivity (Wildman–Crippen MR) is 126 cm³/mol. The smallest absolute Gasteiger partial charge is 0.272 e. The topological polar surface area (TPSA) is 83.8 Å². The number of benzene rings is 3. The lowest BCUT2D eigenvalue weighted by Crippen LogP contribution is -2.18. The first-order valence-corrected chi connectivity index (χ1v) is 10.3. The number of aromatic hydroxyl groups is 1. The minimum absolute atomic E-state index is 0.101. The first-order chi connectivity index (χ1) is 15.5. The number of phenols is 1. The van der Waals surface area contributed by atoms with Gasteiger partial charge in [-0.05, 0) is 67.9 Å². The average molecular weight is 425 g/mol. The summed E-state index contributed by atoms with van der Waals surface area (Å²) in [6.45, 7) is 3.94. The van der Waals surface area contributed by atoms with Gasteiger partial charge in [0.25, 0.3) is 5.91 Å². The lowest BCUT2D eigenvalue weighted by atomic mass is 10.0. The monoisotopic (exact) mass is 425 g/mol. The molecule has 1 heterocycles. The highest BCUT2D eigenvalue weighted by Crippen LogP contribution is 2.30. The van der Waals surface area contributed by atoms with E-state index in [1.165, 1.54) is 0 Å². The lowest BCUT2D eigenvalue weighted by Gasteiger charge is -2.10. The molecule has 0 saturated carbocycles. The molecule has 6 nitrogen and oxygen atoms in total. The molecule has 0 aliphatic rings. The Morgan fingerprint density at radius 1 is 1.03 bits per heavy atom. The second-order valence-electron chi connectivity index (χ2n) is 7.52. The molecule has 0 atom stereocenters. The quantitative estimate of drug-likeness (QED) is 0.330. The van der Waals surface area contributed by atoms with Crippen molar-refractivity contribution in [3.8, 4) is 22.8 Å². The van der Waals surface area contributed by atoms with Crippen LogP contribution in [0.15, 0.2) is 84.0 Å². The molecule has 3 aromatic carbocycles. The minimum Gasteiger partial charge on any atom is -0.507 e. The zero-order valence-electron chi connectivity index (χ0n) is 17.8. The van der Waals surface area contributed by atoms with E-state index >= 15 is 0 Å². The number of fused-ring (bicyclic) bond motifs is 1. The van der Waals surface area contributed by atoms with Gasteiger partial charge in [-0.25, -0.2) is 10.4 Å². The van der Waals surface area contributed by atoms with Gasteiger partial charge in [0.1, 0.15) is 11.5 Å². The van der Waals surface area contributed by atoms with Crippen LogP contribution in [0, 0.1) is 0 Å². The summed E-state index contributed by atoms with van der Waals surface area (Å²) >= 11 is 0. The number of hydrogen-bond acceptors (Lipinski definition) is 5. The fourth-order valence-corrected chi connectivity index (χ4v) is 3.32. The Morgan fingerprint density at radius 2 is 1.75 bits per heavy atom. The van der Waals surface area contributed by atoms with Crippen LogP contribution in [0.4, 0.5) is 0 Å². The van der Waals surface area contributed by atoms with E-state index in [0.29, 0.717) is 27.7 Å². The average Bonchev–Trinajstić information content (AvgIpc) is 2.79. The van der Waals surface area contributed by atoms with E-state index in [2.05, 4.69) is 15.5 Å². The largest absolute Gasteiger partial charge is 0.507 e. The van der Waals surface area contributed by atoms with Gasteiger partial charge in [0.15, 0.2) is 0 Å². The third kappa shape index (κ3) is 4.75. The zero-order chi connectivity index (χ0) is 22.5. The molecule has 2 N–H and O–H groups in total. The Hall–Kier alpha value is -4.19. The second-order valence-corrected chi connectivity index (χ2v) is 7.52. The highest BCUT2D eigenvalue weighted by atomic mass is 16.5. The number of ether oxygens (including phenoxy) is 1. The van der Waals surface area contributed by atoms with Gasteiger partial charge in [-0.2, -0.15) is 5.10 Å². The van der Waals surface area contributed by atoms with Crippen LogP contribution in [0.2, 0.25) is 0 Å². The number of carbonyl (C=O) groups is 1. The van der Waals surface area contributed by atoms with Gasteiger partial charge in [0, 0.05) is 10.9 Å². The summed E-state index contributed by atoms with van der Waals surface area (Å²) in [5.74, 6) is 0.516. The SMILES string of the molecule is CC(C)Oc1ccc(/C=N/NC(=O)c2cc(-c3ccccc3O)nc3ccccc23)cc1. The Kier molecular flexibility index (Phi) is 6.12. The molecule has 32 heavy (non-hydrogen) atoms. The van der Waals surface area contributed by atoms with Crippen LogP contribution < -0.4 is 10.2 Å².